The summed E-state index contributed by atoms with van der Waals surface area (Å²) in [6, 6.07) is 1.51. The molecule has 5 heteroatoms. The molecule has 13 heavy (non-hydrogen) atoms. The van der Waals surface area contributed by atoms with Gasteiger partial charge in [0, 0.05) is 11.0 Å². The second-order valence-electron chi connectivity index (χ2n) is 2.53. The van der Waals surface area contributed by atoms with Gasteiger partial charge in [-0.15, -0.1) is 0 Å². The Hall–Kier alpha value is -0.220. The number of hydrogen-bond acceptors (Lipinski definition) is 1. The zero-order valence-electron chi connectivity index (χ0n) is 6.82. The van der Waals surface area contributed by atoms with Gasteiger partial charge in [-0.1, -0.05) is 27.5 Å². The van der Waals surface area contributed by atoms with Crippen LogP contribution in [-0.4, -0.2) is 4.98 Å². The van der Waals surface area contributed by atoms with Crippen LogP contribution in [0.15, 0.2) is 6.07 Å². The summed E-state index contributed by atoms with van der Waals surface area (Å²) in [6.07, 6.45) is -2.62. The average Bonchev–Trinajstić information content (AvgIpc) is 2.07. The first-order valence-corrected chi connectivity index (χ1v) is 5.06. The minimum Gasteiger partial charge on any atom is -0.250 e. The molecular formula is C8H7BrClF2N. The van der Waals surface area contributed by atoms with Crippen LogP contribution in [-0.2, 0) is 5.33 Å². The molecule has 0 aromatic carbocycles. The summed E-state index contributed by atoms with van der Waals surface area (Å²) in [5, 5.41) is 0.588. The molecule has 0 saturated heterocycles. The number of pyridine rings is 1. The molecule has 1 heterocycles. The third kappa shape index (κ3) is 2.38. The average molecular weight is 271 g/mol. The van der Waals surface area contributed by atoms with Crippen molar-refractivity contribution < 1.29 is 8.78 Å². The molecule has 0 fully saturated rings. The van der Waals surface area contributed by atoms with Crippen LogP contribution in [0.2, 0.25) is 5.02 Å². The topological polar surface area (TPSA) is 12.9 Å². The molecule has 1 nitrogen and oxygen atoms in total. The number of alkyl halides is 3. The Kier molecular flexibility index (Phi) is 3.62. The van der Waals surface area contributed by atoms with Gasteiger partial charge in [-0.25, -0.2) is 8.78 Å². The second-order valence-corrected chi connectivity index (χ2v) is 3.50. The summed E-state index contributed by atoms with van der Waals surface area (Å²) in [5.41, 5.74) is 1.06. The lowest BCUT2D eigenvalue weighted by Crippen LogP contribution is -1.97. The predicted octanol–water partition coefficient (Wildman–Crippen LogP) is 3.88. The first-order chi connectivity index (χ1) is 6.06. The Labute approximate surface area is 88.2 Å². The van der Waals surface area contributed by atoms with Crippen molar-refractivity contribution in [1.29, 1.82) is 0 Å². The quantitative estimate of drug-likeness (QED) is 0.743. The molecule has 0 unspecified atom stereocenters. The number of nitrogens with zero attached hydrogens (tertiary/aromatic N) is 1. The highest BCUT2D eigenvalue weighted by Gasteiger charge is 2.15. The third-order valence-corrected chi connectivity index (χ3v) is 2.56. The number of hydrogen-bond donors (Lipinski definition) is 0. The van der Waals surface area contributed by atoms with Crippen LogP contribution in [0.4, 0.5) is 8.78 Å². The van der Waals surface area contributed by atoms with E-state index in [-0.39, 0.29) is 10.7 Å². The first kappa shape index (κ1) is 10.9. The number of halogens is 4. The normalized spacial score (nSPS) is 10.9. The van der Waals surface area contributed by atoms with Crippen molar-refractivity contribution in [2.24, 2.45) is 0 Å². The molecule has 1 aromatic heterocycles. The van der Waals surface area contributed by atoms with Gasteiger partial charge >= 0.3 is 0 Å². The van der Waals surface area contributed by atoms with Crippen molar-refractivity contribution in [3.63, 3.8) is 0 Å². The van der Waals surface area contributed by atoms with Crippen molar-refractivity contribution in [3.8, 4) is 0 Å². The summed E-state index contributed by atoms with van der Waals surface area (Å²) >= 11 is 8.83. The minimum atomic E-state index is -2.62. The summed E-state index contributed by atoms with van der Waals surface area (Å²) < 4.78 is 24.6. The van der Waals surface area contributed by atoms with Gasteiger partial charge in [-0.05, 0) is 18.6 Å². The van der Waals surface area contributed by atoms with Crippen molar-refractivity contribution in [1.82, 2.24) is 4.98 Å². The van der Waals surface area contributed by atoms with E-state index in [1.54, 1.807) is 6.92 Å². The molecule has 0 N–H and O–H groups in total. The molecule has 0 amide bonds. The summed E-state index contributed by atoms with van der Waals surface area (Å²) in [5.74, 6) is 0. The molecule has 1 aromatic rings. The molecule has 0 radical (unpaired) electrons. The Morgan fingerprint density at radius 3 is 2.69 bits per heavy atom. The largest absolute Gasteiger partial charge is 0.281 e. The Bertz CT molecular complexity index is 317. The van der Waals surface area contributed by atoms with Gasteiger partial charge in [0.25, 0.3) is 6.43 Å². The highest BCUT2D eigenvalue weighted by Crippen LogP contribution is 2.27. The van der Waals surface area contributed by atoms with Gasteiger partial charge in [0.2, 0.25) is 0 Å². The number of aryl methyl sites for hydroxylation is 1. The third-order valence-electron chi connectivity index (χ3n) is 1.65. The molecule has 0 bridgehead atoms. The van der Waals surface area contributed by atoms with Gasteiger partial charge in [-0.3, -0.25) is 4.98 Å². The van der Waals surface area contributed by atoms with Gasteiger partial charge in [0.15, 0.2) is 0 Å². The van der Waals surface area contributed by atoms with E-state index in [0.29, 0.717) is 11.0 Å². The summed E-state index contributed by atoms with van der Waals surface area (Å²) in [4.78, 5) is 3.73. The fourth-order valence-electron chi connectivity index (χ4n) is 0.926. The Balaban J connectivity index is 3.20. The molecule has 72 valence electrons. The highest BCUT2D eigenvalue weighted by molar-refractivity contribution is 9.08. The lowest BCUT2D eigenvalue weighted by atomic mass is 10.2. The maximum absolute atomic E-state index is 12.3. The van der Waals surface area contributed by atoms with E-state index in [1.807, 2.05) is 0 Å². The SMILES string of the molecule is Cc1nc(C(F)F)c(Cl)cc1CBr. The lowest BCUT2D eigenvalue weighted by Gasteiger charge is -2.06. The van der Waals surface area contributed by atoms with Crippen molar-refractivity contribution >= 4 is 27.5 Å². The van der Waals surface area contributed by atoms with Gasteiger partial charge < -0.3 is 0 Å². The van der Waals surface area contributed by atoms with Crippen molar-refractivity contribution in [2.75, 3.05) is 0 Å². The van der Waals surface area contributed by atoms with E-state index >= 15 is 0 Å². The van der Waals surface area contributed by atoms with Crippen LogP contribution in [0.5, 0.6) is 0 Å². The summed E-state index contributed by atoms with van der Waals surface area (Å²) in [6.45, 7) is 1.68. The lowest BCUT2D eigenvalue weighted by molar-refractivity contribution is 0.146. The zero-order valence-corrected chi connectivity index (χ0v) is 9.16. The van der Waals surface area contributed by atoms with Gasteiger partial charge in [-0.2, -0.15) is 0 Å². The predicted molar refractivity (Wildman–Crippen MR) is 51.6 cm³/mol. The van der Waals surface area contributed by atoms with Gasteiger partial charge in [0.1, 0.15) is 5.69 Å². The highest BCUT2D eigenvalue weighted by atomic mass is 79.9. The standard InChI is InChI=1S/C8H7BrClF2N/c1-4-5(3-9)2-6(10)7(13-4)8(11)12/h2,8H,3H2,1H3. The molecule has 0 aliphatic rings. The van der Waals surface area contributed by atoms with Crippen LogP contribution in [0.1, 0.15) is 23.4 Å². The maximum atomic E-state index is 12.3. The van der Waals surface area contributed by atoms with E-state index in [4.69, 9.17) is 11.6 Å². The van der Waals surface area contributed by atoms with Crippen LogP contribution in [0.3, 0.4) is 0 Å². The van der Waals surface area contributed by atoms with Gasteiger partial charge in [0.05, 0.1) is 5.02 Å². The van der Waals surface area contributed by atoms with E-state index in [2.05, 4.69) is 20.9 Å². The molecular weight excluding hydrogens is 263 g/mol. The zero-order chi connectivity index (χ0) is 10.0. The summed E-state index contributed by atoms with van der Waals surface area (Å²) in [7, 11) is 0. The molecule has 1 rings (SSSR count). The van der Waals surface area contributed by atoms with E-state index in [9.17, 15) is 8.78 Å². The number of aromatic nitrogens is 1. The fourth-order valence-corrected chi connectivity index (χ4v) is 1.75. The van der Waals surface area contributed by atoms with Crippen LogP contribution >= 0.6 is 27.5 Å². The van der Waals surface area contributed by atoms with Crippen molar-refractivity contribution in [3.05, 3.63) is 28.0 Å². The molecule has 0 saturated carbocycles. The Morgan fingerprint density at radius 2 is 2.23 bits per heavy atom. The molecule has 0 aliphatic carbocycles. The smallest absolute Gasteiger partial charge is 0.250 e. The Morgan fingerprint density at radius 1 is 1.62 bits per heavy atom. The molecule has 0 atom stereocenters. The van der Waals surface area contributed by atoms with Crippen molar-refractivity contribution in [2.45, 2.75) is 18.7 Å². The fraction of sp³-hybridized carbons (Fsp3) is 0.375. The molecule has 0 spiro atoms. The second kappa shape index (κ2) is 4.33. The number of rotatable bonds is 2. The monoisotopic (exact) mass is 269 g/mol. The first-order valence-electron chi connectivity index (χ1n) is 3.56. The minimum absolute atomic E-state index is 0.0232. The van der Waals surface area contributed by atoms with Crippen LogP contribution < -0.4 is 0 Å². The van der Waals surface area contributed by atoms with E-state index in [0.717, 1.165) is 5.56 Å². The van der Waals surface area contributed by atoms with Crippen LogP contribution in [0.25, 0.3) is 0 Å². The van der Waals surface area contributed by atoms with E-state index < -0.39 is 6.43 Å². The molecule has 0 aliphatic heterocycles. The maximum Gasteiger partial charge on any atom is 0.281 e. The van der Waals surface area contributed by atoms with Crippen LogP contribution in [0, 0.1) is 6.92 Å². The van der Waals surface area contributed by atoms with E-state index in [1.165, 1.54) is 6.07 Å².